The Labute approximate surface area is 190 Å². The van der Waals surface area contributed by atoms with Crippen molar-refractivity contribution in [3.63, 3.8) is 0 Å². The normalized spacial score (nSPS) is 18.8. The maximum Gasteiger partial charge on any atom is 0.236 e. The first kappa shape index (κ1) is 21.0. The number of nitrogens with one attached hydrogen (secondary N) is 3. The van der Waals surface area contributed by atoms with E-state index in [1.807, 2.05) is 24.4 Å². The van der Waals surface area contributed by atoms with Crippen molar-refractivity contribution >= 4 is 39.9 Å². The van der Waals surface area contributed by atoms with E-state index in [9.17, 15) is 9.90 Å². The number of hydrogen-bond donors (Lipinski definition) is 4. The van der Waals surface area contributed by atoms with Gasteiger partial charge in [0, 0.05) is 50.1 Å². The molecule has 4 heterocycles. The van der Waals surface area contributed by atoms with Crippen molar-refractivity contribution in [2.24, 2.45) is 5.41 Å². The average molecular weight is 457 g/mol. The molecule has 2 aliphatic rings. The Balaban J connectivity index is 1.46. The lowest BCUT2D eigenvalue weighted by Crippen LogP contribution is -2.44. The van der Waals surface area contributed by atoms with Crippen molar-refractivity contribution in [3.8, 4) is 11.1 Å². The summed E-state index contributed by atoms with van der Waals surface area (Å²) in [6, 6.07) is 5.89. The summed E-state index contributed by atoms with van der Waals surface area (Å²) in [7, 11) is 1.40. The second kappa shape index (κ2) is 8.23. The van der Waals surface area contributed by atoms with Crippen LogP contribution in [0.4, 0.5) is 11.5 Å². The summed E-state index contributed by atoms with van der Waals surface area (Å²) in [6.45, 7) is 2.29. The number of pyridine rings is 1. The molecular formula is C22H25ClN6O3. The minimum Gasteiger partial charge on any atom is -0.370 e. The van der Waals surface area contributed by atoms with Crippen LogP contribution in [0.5, 0.6) is 0 Å². The third-order valence-electron chi connectivity index (χ3n) is 6.64. The lowest BCUT2D eigenvalue weighted by molar-refractivity contribution is -0.128. The number of halogens is 1. The number of methoxy groups -OCH3 is 1. The van der Waals surface area contributed by atoms with Gasteiger partial charge in [-0.25, -0.2) is 0 Å². The summed E-state index contributed by atoms with van der Waals surface area (Å²) < 4.78 is 4.84. The molecule has 2 saturated heterocycles. The lowest BCUT2D eigenvalue weighted by atomic mass is 9.77. The van der Waals surface area contributed by atoms with Crippen molar-refractivity contribution in [1.29, 1.82) is 0 Å². The lowest BCUT2D eigenvalue weighted by Gasteiger charge is -2.39. The smallest absolute Gasteiger partial charge is 0.236 e. The van der Waals surface area contributed by atoms with E-state index in [0.29, 0.717) is 10.8 Å². The Morgan fingerprint density at radius 2 is 2.09 bits per heavy atom. The summed E-state index contributed by atoms with van der Waals surface area (Å²) in [6.07, 6.45) is 4.87. The van der Waals surface area contributed by atoms with Gasteiger partial charge in [-0.2, -0.15) is 5.10 Å². The molecule has 168 valence electrons. The summed E-state index contributed by atoms with van der Waals surface area (Å²) in [5.41, 5.74) is 3.37. The van der Waals surface area contributed by atoms with E-state index in [-0.39, 0.29) is 11.3 Å². The Morgan fingerprint density at radius 1 is 1.28 bits per heavy atom. The van der Waals surface area contributed by atoms with E-state index in [2.05, 4.69) is 30.7 Å². The molecule has 32 heavy (non-hydrogen) atoms. The zero-order valence-corrected chi connectivity index (χ0v) is 18.4. The number of aliphatic hydroxyl groups is 1. The fourth-order valence-electron chi connectivity index (χ4n) is 4.79. The molecule has 0 bridgehead atoms. The van der Waals surface area contributed by atoms with Crippen LogP contribution >= 0.6 is 11.6 Å². The molecule has 3 aromatic rings. The molecule has 1 aromatic carbocycles. The fourth-order valence-corrected chi connectivity index (χ4v) is 5.06. The van der Waals surface area contributed by atoms with Crippen LogP contribution in [0.25, 0.3) is 22.0 Å². The van der Waals surface area contributed by atoms with E-state index in [4.69, 9.17) is 16.3 Å². The highest BCUT2D eigenvalue weighted by Crippen LogP contribution is 2.43. The van der Waals surface area contributed by atoms with Crippen LogP contribution in [0.2, 0.25) is 5.02 Å². The highest BCUT2D eigenvalue weighted by atomic mass is 35.5. The van der Waals surface area contributed by atoms with Crippen LogP contribution < -0.4 is 15.5 Å². The number of benzene rings is 1. The predicted molar refractivity (Wildman–Crippen MR) is 122 cm³/mol. The number of amides is 1. The number of rotatable bonds is 5. The summed E-state index contributed by atoms with van der Waals surface area (Å²) >= 11 is 6.63. The monoisotopic (exact) mass is 456 g/mol. The number of carbonyl (C=O) groups is 1. The fraction of sp³-hybridized carbons (Fsp3) is 0.409. The molecule has 2 fully saturated rings. The second-order valence-electron chi connectivity index (χ2n) is 8.36. The van der Waals surface area contributed by atoms with E-state index in [1.165, 1.54) is 7.11 Å². The molecule has 1 amide bonds. The van der Waals surface area contributed by atoms with Gasteiger partial charge in [0.2, 0.25) is 12.3 Å². The van der Waals surface area contributed by atoms with Gasteiger partial charge in [-0.3, -0.25) is 14.9 Å². The maximum atomic E-state index is 12.4. The van der Waals surface area contributed by atoms with Crippen LogP contribution in [0.3, 0.4) is 0 Å². The number of carbonyl (C=O) groups excluding carboxylic acids is 1. The van der Waals surface area contributed by atoms with Crippen molar-refractivity contribution in [1.82, 2.24) is 20.5 Å². The zero-order valence-electron chi connectivity index (χ0n) is 17.7. The minimum absolute atomic E-state index is 0.186. The van der Waals surface area contributed by atoms with Gasteiger partial charge in [-0.05, 0) is 37.0 Å². The van der Waals surface area contributed by atoms with Crippen LogP contribution in [0, 0.1) is 5.41 Å². The molecule has 0 saturated carbocycles. The number of anilines is 2. The summed E-state index contributed by atoms with van der Waals surface area (Å²) in [5.74, 6) is 0.687. The highest BCUT2D eigenvalue weighted by molar-refractivity contribution is 6.33. The first-order valence-corrected chi connectivity index (χ1v) is 11.0. The first-order chi connectivity index (χ1) is 15.5. The van der Waals surface area contributed by atoms with Crippen molar-refractivity contribution in [3.05, 3.63) is 35.6 Å². The Morgan fingerprint density at radius 3 is 2.81 bits per heavy atom. The molecular weight excluding hydrogens is 432 g/mol. The van der Waals surface area contributed by atoms with Gasteiger partial charge in [0.1, 0.15) is 0 Å². The Hall–Kier alpha value is -2.88. The highest BCUT2D eigenvalue weighted by Gasteiger charge is 2.44. The second-order valence-corrected chi connectivity index (χ2v) is 8.76. The third-order valence-corrected chi connectivity index (χ3v) is 6.91. The van der Waals surface area contributed by atoms with Gasteiger partial charge < -0.3 is 25.4 Å². The summed E-state index contributed by atoms with van der Waals surface area (Å²) in [4.78, 5) is 18.9. The van der Waals surface area contributed by atoms with E-state index < -0.39 is 6.41 Å². The third kappa shape index (κ3) is 3.56. The number of fused-ring (bicyclic) bond motifs is 1. The van der Waals surface area contributed by atoms with Crippen LogP contribution in [-0.2, 0) is 9.53 Å². The summed E-state index contributed by atoms with van der Waals surface area (Å²) in [5, 5.41) is 24.1. The van der Waals surface area contributed by atoms with Gasteiger partial charge in [0.25, 0.3) is 0 Å². The van der Waals surface area contributed by atoms with Crippen LogP contribution in [0.1, 0.15) is 19.3 Å². The SMILES string of the molecule is COC(O)Nc1n[nH]c2cc(-c3cncc(Cl)c3N3CCC4(CCNC4=O)CC3)ccc12. The zero-order chi connectivity index (χ0) is 22.3. The number of hydrogen-bond acceptors (Lipinski definition) is 7. The van der Waals surface area contributed by atoms with Crippen LogP contribution in [-0.4, -0.2) is 59.4 Å². The maximum absolute atomic E-state index is 12.4. The topological polar surface area (TPSA) is 115 Å². The molecule has 10 heteroatoms. The molecule has 0 aliphatic carbocycles. The largest absolute Gasteiger partial charge is 0.370 e. The quantitative estimate of drug-likeness (QED) is 0.436. The van der Waals surface area contributed by atoms with Gasteiger partial charge >= 0.3 is 0 Å². The number of ether oxygens (including phenoxy) is 1. The molecule has 5 rings (SSSR count). The average Bonchev–Trinajstić information content (AvgIpc) is 3.37. The Kier molecular flexibility index (Phi) is 5.40. The predicted octanol–water partition coefficient (Wildman–Crippen LogP) is 2.72. The van der Waals surface area contributed by atoms with Gasteiger partial charge in [-0.1, -0.05) is 17.7 Å². The number of aromatic nitrogens is 3. The number of piperidine rings is 1. The molecule has 1 atom stereocenters. The van der Waals surface area contributed by atoms with Crippen molar-refractivity contribution in [2.75, 3.05) is 37.0 Å². The molecule has 9 nitrogen and oxygen atoms in total. The van der Waals surface area contributed by atoms with Gasteiger partial charge in [0.05, 0.1) is 21.6 Å². The number of aromatic amines is 1. The number of nitrogens with zero attached hydrogens (tertiary/aromatic N) is 3. The molecule has 0 radical (unpaired) electrons. The molecule has 1 unspecified atom stereocenters. The van der Waals surface area contributed by atoms with Gasteiger partial charge in [-0.15, -0.1) is 0 Å². The van der Waals surface area contributed by atoms with Gasteiger partial charge in [0.15, 0.2) is 5.82 Å². The molecule has 2 aromatic heterocycles. The Bertz CT molecular complexity index is 1160. The molecule has 4 N–H and O–H groups in total. The van der Waals surface area contributed by atoms with E-state index in [1.54, 1.807) is 6.20 Å². The standard InChI is InChI=1S/C22H25ClN6O3/c1-32-21(31)26-19-14-3-2-13(10-17(14)27-28-19)15-11-24-12-16(23)18(15)29-8-5-22(6-9-29)4-7-25-20(22)30/h2-3,10-12,21,31H,4-9H2,1H3,(H,25,30)(H2,26,27,28). The molecule has 1 spiro atoms. The minimum atomic E-state index is -1.14. The van der Waals surface area contributed by atoms with Crippen molar-refractivity contribution < 1.29 is 14.6 Å². The number of H-pyrrole nitrogens is 1. The molecule has 2 aliphatic heterocycles. The number of aliphatic hydroxyl groups excluding tert-OH is 1. The van der Waals surface area contributed by atoms with Crippen molar-refractivity contribution in [2.45, 2.75) is 25.7 Å². The van der Waals surface area contributed by atoms with E-state index in [0.717, 1.165) is 66.6 Å². The van der Waals surface area contributed by atoms with Crippen LogP contribution in [0.15, 0.2) is 30.6 Å². The first-order valence-electron chi connectivity index (χ1n) is 10.6. The van der Waals surface area contributed by atoms with E-state index >= 15 is 0 Å².